The molecule has 98 valence electrons. The number of aliphatic hydroxyl groups is 5. The van der Waals surface area contributed by atoms with Crippen LogP contribution >= 0.6 is 0 Å². The molecule has 0 aromatic heterocycles. The quantitative estimate of drug-likeness (QED) is 0.311. The van der Waals surface area contributed by atoms with Crippen molar-refractivity contribution in [3.63, 3.8) is 0 Å². The monoisotopic (exact) mass is 237 g/mol. The molecule has 0 spiro atoms. The minimum absolute atomic E-state index is 0.157. The maximum absolute atomic E-state index is 9.47. The standard InChI is InChI=1S/C10H23NO5/c1-2-8(14)3-11(4-9(15)6-12)5-10(16)7-13/h8-10,12-16H,2-7H2,1H3. The molecule has 3 atom stereocenters. The predicted octanol–water partition coefficient (Wildman–Crippen LogP) is -2.23. The summed E-state index contributed by atoms with van der Waals surface area (Å²) in [5, 5.41) is 45.5. The second-order valence-electron chi connectivity index (χ2n) is 3.95. The fourth-order valence-corrected chi connectivity index (χ4v) is 1.36. The zero-order chi connectivity index (χ0) is 12.6. The maximum Gasteiger partial charge on any atom is 0.0897 e. The Morgan fingerprint density at radius 2 is 1.19 bits per heavy atom. The summed E-state index contributed by atoms with van der Waals surface area (Å²) >= 11 is 0. The van der Waals surface area contributed by atoms with E-state index in [-0.39, 0.29) is 26.3 Å². The van der Waals surface area contributed by atoms with Gasteiger partial charge in [-0.2, -0.15) is 0 Å². The Morgan fingerprint density at radius 3 is 1.50 bits per heavy atom. The molecule has 0 amide bonds. The van der Waals surface area contributed by atoms with Gasteiger partial charge in [0.2, 0.25) is 0 Å². The first-order valence-electron chi connectivity index (χ1n) is 5.51. The molecular weight excluding hydrogens is 214 g/mol. The van der Waals surface area contributed by atoms with Crippen LogP contribution in [0.25, 0.3) is 0 Å². The molecule has 0 bridgehead atoms. The van der Waals surface area contributed by atoms with Crippen LogP contribution in [-0.2, 0) is 0 Å². The van der Waals surface area contributed by atoms with Crippen LogP contribution < -0.4 is 0 Å². The Labute approximate surface area is 95.8 Å². The molecule has 0 saturated heterocycles. The molecule has 0 aromatic carbocycles. The van der Waals surface area contributed by atoms with Crippen molar-refractivity contribution in [2.45, 2.75) is 31.7 Å². The number of aliphatic hydroxyl groups excluding tert-OH is 5. The van der Waals surface area contributed by atoms with E-state index < -0.39 is 18.3 Å². The van der Waals surface area contributed by atoms with Gasteiger partial charge in [0, 0.05) is 19.6 Å². The molecule has 0 aliphatic heterocycles. The molecular formula is C10H23NO5. The second-order valence-corrected chi connectivity index (χ2v) is 3.95. The SMILES string of the molecule is CCC(O)CN(CC(O)CO)CC(O)CO. The lowest BCUT2D eigenvalue weighted by Crippen LogP contribution is -2.43. The van der Waals surface area contributed by atoms with E-state index in [9.17, 15) is 15.3 Å². The van der Waals surface area contributed by atoms with E-state index in [4.69, 9.17) is 10.2 Å². The molecule has 0 radical (unpaired) electrons. The highest BCUT2D eigenvalue weighted by atomic mass is 16.3. The number of hydrogen-bond donors (Lipinski definition) is 5. The Hall–Kier alpha value is -0.240. The van der Waals surface area contributed by atoms with E-state index in [1.165, 1.54) is 0 Å². The Balaban J connectivity index is 4.15. The average molecular weight is 237 g/mol. The fraction of sp³-hybridized carbons (Fsp3) is 1.00. The lowest BCUT2D eigenvalue weighted by atomic mass is 10.2. The van der Waals surface area contributed by atoms with Crippen molar-refractivity contribution in [2.75, 3.05) is 32.8 Å². The molecule has 16 heavy (non-hydrogen) atoms. The Morgan fingerprint density at radius 1 is 0.812 bits per heavy atom. The van der Waals surface area contributed by atoms with Crippen molar-refractivity contribution in [2.24, 2.45) is 0 Å². The van der Waals surface area contributed by atoms with Gasteiger partial charge < -0.3 is 25.5 Å². The van der Waals surface area contributed by atoms with Crippen molar-refractivity contribution in [1.82, 2.24) is 4.90 Å². The van der Waals surface area contributed by atoms with E-state index in [0.29, 0.717) is 13.0 Å². The highest BCUT2D eigenvalue weighted by Gasteiger charge is 2.17. The van der Waals surface area contributed by atoms with Crippen molar-refractivity contribution in [3.8, 4) is 0 Å². The molecule has 0 aromatic rings. The highest BCUT2D eigenvalue weighted by Crippen LogP contribution is 2.00. The summed E-state index contributed by atoms with van der Waals surface area (Å²) in [6.07, 6.45) is -1.79. The first kappa shape index (κ1) is 15.8. The normalized spacial score (nSPS) is 17.4. The van der Waals surface area contributed by atoms with Gasteiger partial charge >= 0.3 is 0 Å². The topological polar surface area (TPSA) is 104 Å². The molecule has 0 rings (SSSR count). The molecule has 3 unspecified atom stereocenters. The van der Waals surface area contributed by atoms with Gasteiger partial charge in [-0.1, -0.05) is 6.92 Å². The summed E-state index contributed by atoms with van der Waals surface area (Å²) in [7, 11) is 0. The lowest BCUT2D eigenvalue weighted by molar-refractivity contribution is 0.00571. The zero-order valence-corrected chi connectivity index (χ0v) is 9.66. The van der Waals surface area contributed by atoms with Gasteiger partial charge in [0.25, 0.3) is 0 Å². The van der Waals surface area contributed by atoms with E-state index in [1.54, 1.807) is 4.90 Å². The first-order chi connectivity index (χ1) is 7.53. The lowest BCUT2D eigenvalue weighted by Gasteiger charge is -2.27. The summed E-state index contributed by atoms with van der Waals surface area (Å²) in [5.74, 6) is 0. The first-order valence-corrected chi connectivity index (χ1v) is 5.51. The molecule has 0 fully saturated rings. The zero-order valence-electron chi connectivity index (χ0n) is 9.66. The van der Waals surface area contributed by atoms with Gasteiger partial charge in [0.05, 0.1) is 31.5 Å². The molecule has 0 aliphatic rings. The van der Waals surface area contributed by atoms with Crippen molar-refractivity contribution >= 4 is 0 Å². The van der Waals surface area contributed by atoms with Crippen LogP contribution in [0.2, 0.25) is 0 Å². The van der Waals surface area contributed by atoms with Gasteiger partial charge in [0.15, 0.2) is 0 Å². The van der Waals surface area contributed by atoms with Gasteiger partial charge in [-0.3, -0.25) is 4.90 Å². The summed E-state index contributed by atoms with van der Waals surface area (Å²) in [4.78, 5) is 1.62. The van der Waals surface area contributed by atoms with Crippen LogP contribution in [-0.4, -0.2) is 81.6 Å². The number of rotatable bonds is 9. The summed E-state index contributed by atoms with van der Waals surface area (Å²) < 4.78 is 0. The van der Waals surface area contributed by atoms with Gasteiger partial charge in [-0.15, -0.1) is 0 Å². The third-order valence-corrected chi connectivity index (χ3v) is 2.30. The van der Waals surface area contributed by atoms with Crippen LogP contribution in [0.4, 0.5) is 0 Å². The predicted molar refractivity (Wildman–Crippen MR) is 58.9 cm³/mol. The van der Waals surface area contributed by atoms with Crippen LogP contribution in [0.3, 0.4) is 0 Å². The fourth-order valence-electron chi connectivity index (χ4n) is 1.36. The molecule has 5 N–H and O–H groups in total. The maximum atomic E-state index is 9.47. The van der Waals surface area contributed by atoms with Crippen molar-refractivity contribution in [1.29, 1.82) is 0 Å². The molecule has 6 heteroatoms. The van der Waals surface area contributed by atoms with Crippen LogP contribution in [0, 0.1) is 0 Å². The minimum Gasteiger partial charge on any atom is -0.394 e. The largest absolute Gasteiger partial charge is 0.394 e. The smallest absolute Gasteiger partial charge is 0.0897 e. The van der Waals surface area contributed by atoms with Crippen LogP contribution in [0.15, 0.2) is 0 Å². The van der Waals surface area contributed by atoms with E-state index in [0.717, 1.165) is 0 Å². The van der Waals surface area contributed by atoms with Crippen LogP contribution in [0.5, 0.6) is 0 Å². The summed E-state index contributed by atoms with van der Waals surface area (Å²) in [5.41, 5.74) is 0. The van der Waals surface area contributed by atoms with Crippen molar-refractivity contribution in [3.05, 3.63) is 0 Å². The van der Waals surface area contributed by atoms with Gasteiger partial charge in [-0.25, -0.2) is 0 Å². The molecule has 0 saturated carbocycles. The third-order valence-electron chi connectivity index (χ3n) is 2.30. The highest BCUT2D eigenvalue weighted by molar-refractivity contribution is 4.71. The minimum atomic E-state index is -0.907. The number of hydrogen-bond acceptors (Lipinski definition) is 6. The van der Waals surface area contributed by atoms with Crippen molar-refractivity contribution < 1.29 is 25.5 Å². The van der Waals surface area contributed by atoms with Gasteiger partial charge in [-0.05, 0) is 6.42 Å². The van der Waals surface area contributed by atoms with Gasteiger partial charge in [0.1, 0.15) is 0 Å². The summed E-state index contributed by atoms with van der Waals surface area (Å²) in [6, 6.07) is 0. The van der Waals surface area contributed by atoms with Crippen LogP contribution in [0.1, 0.15) is 13.3 Å². The van der Waals surface area contributed by atoms with E-state index in [2.05, 4.69) is 0 Å². The Bertz CT molecular complexity index is 141. The molecule has 0 aliphatic carbocycles. The number of nitrogens with zero attached hydrogens (tertiary/aromatic N) is 1. The molecule has 0 heterocycles. The van der Waals surface area contributed by atoms with E-state index >= 15 is 0 Å². The average Bonchev–Trinajstić information content (AvgIpc) is 2.28. The second kappa shape index (κ2) is 8.86. The Kier molecular flexibility index (Phi) is 8.73. The molecule has 6 nitrogen and oxygen atoms in total. The summed E-state index contributed by atoms with van der Waals surface area (Å²) in [6.45, 7) is 1.70. The van der Waals surface area contributed by atoms with E-state index in [1.807, 2.05) is 6.92 Å². The third kappa shape index (κ3) is 7.10.